The SMILES string of the molecule is CN(C)c1cnnc(NCCNC(=O)C2(c3ccc(Cl)cc3)CCCC2)c1. The third-order valence-corrected chi connectivity index (χ3v) is 5.41. The fourth-order valence-corrected chi connectivity index (χ4v) is 3.74. The Morgan fingerprint density at radius 2 is 1.89 bits per heavy atom. The summed E-state index contributed by atoms with van der Waals surface area (Å²) in [6, 6.07) is 9.62. The van der Waals surface area contributed by atoms with Crippen LogP contribution in [0.3, 0.4) is 0 Å². The zero-order chi connectivity index (χ0) is 19.3. The van der Waals surface area contributed by atoms with Crippen LogP contribution in [0.2, 0.25) is 5.02 Å². The topological polar surface area (TPSA) is 70.2 Å². The second-order valence-electron chi connectivity index (χ2n) is 7.17. The molecule has 0 spiro atoms. The van der Waals surface area contributed by atoms with E-state index in [2.05, 4.69) is 20.8 Å². The first kappa shape index (κ1) is 19.4. The van der Waals surface area contributed by atoms with Crippen LogP contribution in [-0.2, 0) is 10.2 Å². The zero-order valence-electron chi connectivity index (χ0n) is 15.8. The highest BCUT2D eigenvalue weighted by molar-refractivity contribution is 6.30. The van der Waals surface area contributed by atoms with Gasteiger partial charge in [-0.3, -0.25) is 4.79 Å². The van der Waals surface area contributed by atoms with Crippen molar-refractivity contribution in [2.75, 3.05) is 37.4 Å². The lowest BCUT2D eigenvalue weighted by atomic mass is 9.78. The largest absolute Gasteiger partial charge is 0.376 e. The van der Waals surface area contributed by atoms with E-state index in [1.165, 1.54) is 0 Å². The molecule has 0 atom stereocenters. The van der Waals surface area contributed by atoms with Crippen molar-refractivity contribution in [1.82, 2.24) is 15.5 Å². The van der Waals surface area contributed by atoms with Crippen LogP contribution in [0.15, 0.2) is 36.5 Å². The molecule has 1 saturated carbocycles. The van der Waals surface area contributed by atoms with Crippen LogP contribution in [-0.4, -0.2) is 43.3 Å². The molecule has 0 unspecified atom stereocenters. The number of aromatic nitrogens is 2. The van der Waals surface area contributed by atoms with E-state index in [9.17, 15) is 4.79 Å². The lowest BCUT2D eigenvalue weighted by molar-refractivity contribution is -0.126. The minimum Gasteiger partial charge on any atom is -0.376 e. The molecule has 6 nitrogen and oxygen atoms in total. The number of hydrogen-bond acceptors (Lipinski definition) is 5. The molecule has 1 aliphatic carbocycles. The Morgan fingerprint density at radius 3 is 2.56 bits per heavy atom. The summed E-state index contributed by atoms with van der Waals surface area (Å²) in [5, 5.41) is 15.1. The van der Waals surface area contributed by atoms with Crippen LogP contribution in [0.25, 0.3) is 0 Å². The van der Waals surface area contributed by atoms with Gasteiger partial charge in [0.2, 0.25) is 5.91 Å². The zero-order valence-corrected chi connectivity index (χ0v) is 16.6. The Kier molecular flexibility index (Phi) is 6.16. The molecule has 0 saturated heterocycles. The second-order valence-corrected chi connectivity index (χ2v) is 7.61. The number of carbonyl (C=O) groups excluding carboxylic acids is 1. The predicted molar refractivity (Wildman–Crippen MR) is 109 cm³/mol. The van der Waals surface area contributed by atoms with Gasteiger partial charge in [0, 0.05) is 38.3 Å². The molecule has 2 N–H and O–H groups in total. The van der Waals surface area contributed by atoms with Crippen molar-refractivity contribution in [1.29, 1.82) is 0 Å². The fourth-order valence-electron chi connectivity index (χ4n) is 3.62. The third-order valence-electron chi connectivity index (χ3n) is 5.16. The van der Waals surface area contributed by atoms with E-state index in [1.54, 1.807) is 6.20 Å². The highest BCUT2D eigenvalue weighted by Crippen LogP contribution is 2.41. The van der Waals surface area contributed by atoms with Gasteiger partial charge in [0.15, 0.2) is 5.82 Å². The maximum Gasteiger partial charge on any atom is 0.230 e. The van der Waals surface area contributed by atoms with Crippen molar-refractivity contribution >= 4 is 29.0 Å². The standard InChI is InChI=1S/C20H26ClN5O/c1-26(2)17-13-18(25-24-14-17)22-11-12-23-19(27)20(9-3-4-10-20)15-5-7-16(21)8-6-15/h5-8,13-14H,3-4,9-12H2,1-2H3,(H,22,25)(H,23,27). The molecular formula is C20H26ClN5O. The average Bonchev–Trinajstić information content (AvgIpc) is 3.17. The normalized spacial score (nSPS) is 15.4. The number of nitrogens with one attached hydrogen (secondary N) is 2. The summed E-state index contributed by atoms with van der Waals surface area (Å²) in [6.45, 7) is 1.12. The summed E-state index contributed by atoms with van der Waals surface area (Å²) in [4.78, 5) is 15.0. The molecule has 1 aromatic carbocycles. The number of nitrogens with zero attached hydrogens (tertiary/aromatic N) is 3. The lowest BCUT2D eigenvalue weighted by Crippen LogP contribution is -2.44. The Hall–Kier alpha value is -2.34. The highest BCUT2D eigenvalue weighted by Gasteiger charge is 2.42. The quantitative estimate of drug-likeness (QED) is 0.714. The van der Waals surface area contributed by atoms with Gasteiger partial charge >= 0.3 is 0 Å². The Balaban J connectivity index is 1.57. The van der Waals surface area contributed by atoms with Crippen LogP contribution in [0.1, 0.15) is 31.2 Å². The molecule has 2 aromatic rings. The van der Waals surface area contributed by atoms with E-state index in [0.717, 1.165) is 36.9 Å². The van der Waals surface area contributed by atoms with Crippen molar-refractivity contribution in [3.63, 3.8) is 0 Å². The maximum absolute atomic E-state index is 13.0. The van der Waals surface area contributed by atoms with Crippen molar-refractivity contribution in [3.05, 3.63) is 47.1 Å². The summed E-state index contributed by atoms with van der Waals surface area (Å²) < 4.78 is 0. The average molecular weight is 388 g/mol. The summed E-state index contributed by atoms with van der Waals surface area (Å²) in [7, 11) is 3.91. The third kappa shape index (κ3) is 4.50. The summed E-state index contributed by atoms with van der Waals surface area (Å²) in [6.07, 6.45) is 5.61. The molecular weight excluding hydrogens is 362 g/mol. The van der Waals surface area contributed by atoms with Crippen LogP contribution in [0.4, 0.5) is 11.5 Å². The first-order chi connectivity index (χ1) is 13.0. The minimum atomic E-state index is -0.435. The monoisotopic (exact) mass is 387 g/mol. The Morgan fingerprint density at radius 1 is 1.19 bits per heavy atom. The number of carbonyl (C=O) groups is 1. The molecule has 1 heterocycles. The van der Waals surface area contributed by atoms with E-state index in [0.29, 0.717) is 23.9 Å². The molecule has 1 aromatic heterocycles. The van der Waals surface area contributed by atoms with E-state index < -0.39 is 5.41 Å². The Bertz CT molecular complexity index is 772. The molecule has 3 rings (SSSR count). The number of rotatable bonds is 7. The molecule has 0 bridgehead atoms. The van der Waals surface area contributed by atoms with Gasteiger partial charge in [0.05, 0.1) is 17.3 Å². The molecule has 7 heteroatoms. The summed E-state index contributed by atoms with van der Waals surface area (Å²) >= 11 is 6.01. The maximum atomic E-state index is 13.0. The molecule has 144 valence electrons. The fraction of sp³-hybridized carbons (Fsp3) is 0.450. The van der Waals surface area contributed by atoms with Gasteiger partial charge < -0.3 is 15.5 Å². The molecule has 0 radical (unpaired) electrons. The first-order valence-electron chi connectivity index (χ1n) is 9.29. The molecule has 1 amide bonds. The smallest absolute Gasteiger partial charge is 0.230 e. The number of amides is 1. The van der Waals surface area contributed by atoms with Gasteiger partial charge in [-0.05, 0) is 30.5 Å². The van der Waals surface area contributed by atoms with Gasteiger partial charge in [-0.2, -0.15) is 5.10 Å². The van der Waals surface area contributed by atoms with E-state index in [-0.39, 0.29) is 5.91 Å². The number of hydrogen-bond donors (Lipinski definition) is 2. The van der Waals surface area contributed by atoms with Gasteiger partial charge in [0.1, 0.15) is 0 Å². The van der Waals surface area contributed by atoms with Crippen molar-refractivity contribution in [2.45, 2.75) is 31.1 Å². The molecule has 0 aliphatic heterocycles. The van der Waals surface area contributed by atoms with Crippen molar-refractivity contribution in [3.8, 4) is 0 Å². The van der Waals surface area contributed by atoms with E-state index in [4.69, 9.17) is 11.6 Å². The minimum absolute atomic E-state index is 0.0947. The van der Waals surface area contributed by atoms with Crippen molar-refractivity contribution in [2.24, 2.45) is 0 Å². The Labute approximate surface area is 165 Å². The highest BCUT2D eigenvalue weighted by atomic mass is 35.5. The van der Waals surface area contributed by atoms with Crippen LogP contribution >= 0.6 is 11.6 Å². The number of halogens is 1. The van der Waals surface area contributed by atoms with E-state index >= 15 is 0 Å². The van der Waals surface area contributed by atoms with E-state index in [1.807, 2.05) is 49.3 Å². The van der Waals surface area contributed by atoms with Gasteiger partial charge in [-0.1, -0.05) is 36.6 Å². The summed E-state index contributed by atoms with van der Waals surface area (Å²) in [5.41, 5.74) is 1.60. The van der Waals surface area contributed by atoms with Crippen molar-refractivity contribution < 1.29 is 4.79 Å². The second kappa shape index (κ2) is 8.57. The van der Waals surface area contributed by atoms with Gasteiger partial charge in [-0.15, -0.1) is 5.10 Å². The van der Waals surface area contributed by atoms with Gasteiger partial charge in [-0.25, -0.2) is 0 Å². The van der Waals surface area contributed by atoms with Crippen LogP contribution in [0.5, 0.6) is 0 Å². The summed E-state index contributed by atoms with van der Waals surface area (Å²) in [5.74, 6) is 0.793. The predicted octanol–water partition coefficient (Wildman–Crippen LogP) is 3.24. The molecule has 1 aliphatic rings. The number of anilines is 2. The lowest BCUT2D eigenvalue weighted by Gasteiger charge is -2.28. The molecule has 27 heavy (non-hydrogen) atoms. The van der Waals surface area contributed by atoms with Crippen LogP contribution < -0.4 is 15.5 Å². The molecule has 1 fully saturated rings. The van der Waals surface area contributed by atoms with Gasteiger partial charge in [0.25, 0.3) is 0 Å². The van der Waals surface area contributed by atoms with Crippen LogP contribution in [0, 0.1) is 0 Å². The first-order valence-corrected chi connectivity index (χ1v) is 9.67. The number of benzene rings is 1.